The summed E-state index contributed by atoms with van der Waals surface area (Å²) >= 11 is 0. The molecule has 1 aromatic rings. The number of halogens is 1. The molecule has 1 aromatic heterocycles. The number of hydrogen-bond acceptors (Lipinski definition) is 4. The molecule has 0 spiro atoms. The van der Waals surface area contributed by atoms with E-state index in [1.807, 2.05) is 18.7 Å². The van der Waals surface area contributed by atoms with Gasteiger partial charge in [0.2, 0.25) is 0 Å². The van der Waals surface area contributed by atoms with E-state index in [4.69, 9.17) is 9.47 Å². The molecule has 0 amide bonds. The normalized spacial score (nSPS) is 17.4. The molecule has 0 aliphatic carbocycles. The second kappa shape index (κ2) is 11.7. The van der Waals surface area contributed by atoms with Gasteiger partial charge in [-0.2, -0.15) is 5.10 Å². The zero-order valence-electron chi connectivity index (χ0n) is 15.8. The summed E-state index contributed by atoms with van der Waals surface area (Å²) < 4.78 is 13.1. The van der Waals surface area contributed by atoms with Gasteiger partial charge in [0, 0.05) is 51.7 Å². The smallest absolute Gasteiger partial charge is 0.191 e. The van der Waals surface area contributed by atoms with Crippen LogP contribution in [0.2, 0.25) is 0 Å². The van der Waals surface area contributed by atoms with E-state index in [0.717, 1.165) is 57.2 Å². The van der Waals surface area contributed by atoms with Gasteiger partial charge in [-0.1, -0.05) is 0 Å². The van der Waals surface area contributed by atoms with Crippen LogP contribution in [0.3, 0.4) is 0 Å². The first kappa shape index (κ1) is 22.2. The van der Waals surface area contributed by atoms with Crippen LogP contribution in [-0.2, 0) is 23.1 Å². The fourth-order valence-electron chi connectivity index (χ4n) is 2.84. The molecular formula is C17H32IN5O2. The van der Waals surface area contributed by atoms with Crippen LogP contribution in [0.4, 0.5) is 0 Å². The molecule has 2 N–H and O–H groups in total. The largest absolute Gasteiger partial charge is 0.379 e. The van der Waals surface area contributed by atoms with E-state index >= 15 is 0 Å². The van der Waals surface area contributed by atoms with Crippen LogP contribution in [0.1, 0.15) is 36.2 Å². The lowest BCUT2D eigenvalue weighted by Gasteiger charge is -2.13. The van der Waals surface area contributed by atoms with Gasteiger partial charge in [-0.15, -0.1) is 24.0 Å². The van der Waals surface area contributed by atoms with Gasteiger partial charge >= 0.3 is 0 Å². The van der Waals surface area contributed by atoms with E-state index < -0.39 is 0 Å². The van der Waals surface area contributed by atoms with Crippen LogP contribution in [0, 0.1) is 13.8 Å². The van der Waals surface area contributed by atoms with Crippen molar-refractivity contribution in [3.63, 3.8) is 0 Å². The molecule has 1 unspecified atom stereocenters. The third kappa shape index (κ3) is 7.10. The van der Waals surface area contributed by atoms with Crippen molar-refractivity contribution in [2.75, 3.05) is 33.4 Å². The lowest BCUT2D eigenvalue weighted by molar-refractivity contribution is 0.0168. The molecule has 2 heterocycles. The molecule has 1 atom stereocenters. The van der Waals surface area contributed by atoms with Crippen molar-refractivity contribution in [3.8, 4) is 0 Å². The Balaban J connectivity index is 0.00000312. The molecule has 1 aliphatic rings. The summed E-state index contributed by atoms with van der Waals surface area (Å²) in [4.78, 5) is 4.26. The lowest BCUT2D eigenvalue weighted by atomic mass is 10.2. The van der Waals surface area contributed by atoms with Crippen molar-refractivity contribution in [1.29, 1.82) is 0 Å². The number of hydrogen-bond donors (Lipinski definition) is 2. The average molecular weight is 465 g/mol. The number of aliphatic imine (C=N–C) groups is 1. The highest BCUT2D eigenvalue weighted by Gasteiger charge is 2.15. The number of rotatable bonds is 8. The monoisotopic (exact) mass is 465 g/mol. The molecule has 0 bridgehead atoms. The molecule has 1 fully saturated rings. The molecule has 0 radical (unpaired) electrons. The Hall–Kier alpha value is -0.870. The lowest BCUT2D eigenvalue weighted by Crippen LogP contribution is -2.37. The summed E-state index contributed by atoms with van der Waals surface area (Å²) in [5.41, 5.74) is 3.46. The summed E-state index contributed by atoms with van der Waals surface area (Å²) in [6.07, 6.45) is 3.53. The molecule has 2 rings (SSSR count). The van der Waals surface area contributed by atoms with Gasteiger partial charge in [-0.25, -0.2) is 0 Å². The molecule has 7 nitrogen and oxygen atoms in total. The highest BCUT2D eigenvalue weighted by atomic mass is 127. The first-order valence-electron chi connectivity index (χ1n) is 8.74. The zero-order chi connectivity index (χ0) is 17.4. The van der Waals surface area contributed by atoms with Gasteiger partial charge in [-0.05, 0) is 33.1 Å². The fourth-order valence-corrected chi connectivity index (χ4v) is 2.84. The molecule has 8 heteroatoms. The Morgan fingerprint density at radius 2 is 2.20 bits per heavy atom. The van der Waals surface area contributed by atoms with Crippen molar-refractivity contribution < 1.29 is 9.47 Å². The van der Waals surface area contributed by atoms with Crippen LogP contribution in [-0.4, -0.2) is 55.3 Å². The Labute approximate surface area is 168 Å². The number of aryl methyl sites for hydroxylation is 2. The van der Waals surface area contributed by atoms with Crippen LogP contribution in [0.25, 0.3) is 0 Å². The van der Waals surface area contributed by atoms with Gasteiger partial charge in [-0.3, -0.25) is 9.67 Å². The molecule has 1 aliphatic heterocycles. The maximum Gasteiger partial charge on any atom is 0.191 e. The molecule has 144 valence electrons. The molecule has 25 heavy (non-hydrogen) atoms. The first-order chi connectivity index (χ1) is 11.6. The minimum Gasteiger partial charge on any atom is -0.379 e. The predicted molar refractivity (Wildman–Crippen MR) is 111 cm³/mol. The summed E-state index contributed by atoms with van der Waals surface area (Å²) in [5.74, 6) is 0.803. The van der Waals surface area contributed by atoms with Gasteiger partial charge in [0.25, 0.3) is 0 Å². The van der Waals surface area contributed by atoms with E-state index in [1.165, 1.54) is 11.3 Å². The topological polar surface area (TPSA) is 72.7 Å². The summed E-state index contributed by atoms with van der Waals surface area (Å²) in [6.45, 7) is 8.01. The Kier molecular flexibility index (Phi) is 10.4. The van der Waals surface area contributed by atoms with Crippen molar-refractivity contribution in [1.82, 2.24) is 20.4 Å². The zero-order valence-corrected chi connectivity index (χ0v) is 18.1. The Morgan fingerprint density at radius 3 is 2.80 bits per heavy atom. The number of aromatic nitrogens is 2. The number of guanidine groups is 1. The van der Waals surface area contributed by atoms with Crippen LogP contribution >= 0.6 is 24.0 Å². The van der Waals surface area contributed by atoms with E-state index in [1.54, 1.807) is 7.05 Å². The third-order valence-electron chi connectivity index (χ3n) is 4.40. The molecule has 0 saturated carbocycles. The fraction of sp³-hybridized carbons (Fsp3) is 0.765. The number of nitrogens with zero attached hydrogens (tertiary/aromatic N) is 3. The minimum atomic E-state index is 0. The quantitative estimate of drug-likeness (QED) is 0.266. The number of ether oxygens (including phenoxy) is 2. The molecule has 1 saturated heterocycles. The van der Waals surface area contributed by atoms with Crippen LogP contribution < -0.4 is 10.6 Å². The maximum absolute atomic E-state index is 5.66. The minimum absolute atomic E-state index is 0. The van der Waals surface area contributed by atoms with Crippen LogP contribution in [0.15, 0.2) is 4.99 Å². The summed E-state index contributed by atoms with van der Waals surface area (Å²) in [5, 5.41) is 11.1. The van der Waals surface area contributed by atoms with Gasteiger partial charge in [0.05, 0.1) is 18.4 Å². The van der Waals surface area contributed by atoms with Gasteiger partial charge in [0.15, 0.2) is 5.96 Å². The SMILES string of the molecule is CN=C(NCCCOCC1CCCO1)NCc1c(C)nn(C)c1C.I. The van der Waals surface area contributed by atoms with Crippen molar-refractivity contribution >= 4 is 29.9 Å². The maximum atomic E-state index is 5.66. The van der Waals surface area contributed by atoms with E-state index in [9.17, 15) is 0 Å². The van der Waals surface area contributed by atoms with E-state index in [0.29, 0.717) is 12.7 Å². The Morgan fingerprint density at radius 1 is 1.40 bits per heavy atom. The second-order valence-electron chi connectivity index (χ2n) is 6.19. The standard InChI is InChI=1S/C17H31N5O2.HI/c1-13-16(14(2)22(4)21-13)11-20-17(18-3)19-8-6-9-23-12-15-7-5-10-24-15;/h15H,5-12H2,1-4H3,(H2,18,19,20);1H. The summed E-state index contributed by atoms with van der Waals surface area (Å²) in [6, 6.07) is 0. The van der Waals surface area contributed by atoms with Crippen molar-refractivity contribution in [3.05, 3.63) is 17.0 Å². The second-order valence-corrected chi connectivity index (χ2v) is 6.19. The Bertz CT molecular complexity index is 541. The third-order valence-corrected chi connectivity index (χ3v) is 4.40. The molecular weight excluding hydrogens is 433 g/mol. The highest BCUT2D eigenvalue weighted by Crippen LogP contribution is 2.12. The average Bonchev–Trinajstić information content (AvgIpc) is 3.16. The van der Waals surface area contributed by atoms with E-state index in [-0.39, 0.29) is 24.0 Å². The highest BCUT2D eigenvalue weighted by molar-refractivity contribution is 14.0. The predicted octanol–water partition coefficient (Wildman–Crippen LogP) is 1.91. The van der Waals surface area contributed by atoms with E-state index in [2.05, 4.69) is 27.6 Å². The van der Waals surface area contributed by atoms with Gasteiger partial charge < -0.3 is 20.1 Å². The first-order valence-corrected chi connectivity index (χ1v) is 8.74. The number of nitrogens with one attached hydrogen (secondary N) is 2. The van der Waals surface area contributed by atoms with Crippen molar-refractivity contribution in [2.45, 2.75) is 45.8 Å². The summed E-state index contributed by atoms with van der Waals surface area (Å²) in [7, 11) is 3.75. The van der Waals surface area contributed by atoms with Crippen molar-refractivity contribution in [2.24, 2.45) is 12.0 Å². The molecule has 0 aromatic carbocycles. The van der Waals surface area contributed by atoms with Crippen LogP contribution in [0.5, 0.6) is 0 Å². The van der Waals surface area contributed by atoms with Gasteiger partial charge in [0.1, 0.15) is 0 Å².